The second-order valence-electron chi connectivity index (χ2n) is 4.83. The Balaban J connectivity index is 2.78. The molecule has 3 atom stereocenters. The van der Waals surface area contributed by atoms with E-state index >= 15 is 0 Å². The normalized spacial score (nSPS) is 15.4. The molecule has 1 aromatic rings. The zero-order valence-corrected chi connectivity index (χ0v) is 12.8. The lowest BCUT2D eigenvalue weighted by Crippen LogP contribution is -2.40. The molecule has 3 unspecified atom stereocenters. The molecular weight excluding hydrogens is 279 g/mol. The summed E-state index contributed by atoms with van der Waals surface area (Å²) in [6.07, 6.45) is 1.80. The predicted octanol–water partition coefficient (Wildman–Crippen LogP) is 2.21. The van der Waals surface area contributed by atoms with Crippen molar-refractivity contribution in [2.24, 2.45) is 0 Å². The predicted molar refractivity (Wildman–Crippen MR) is 79.2 cm³/mol. The van der Waals surface area contributed by atoms with Crippen molar-refractivity contribution in [3.8, 4) is 0 Å². The number of nitrogens with one attached hydrogen (secondary N) is 1. The smallest absolute Gasteiger partial charge is 0.236 e. The van der Waals surface area contributed by atoms with Crippen molar-refractivity contribution in [2.75, 3.05) is 5.73 Å². The van der Waals surface area contributed by atoms with Gasteiger partial charge >= 0.3 is 0 Å². The van der Waals surface area contributed by atoms with E-state index in [1.54, 1.807) is 0 Å². The molecule has 0 saturated carbocycles. The maximum absolute atomic E-state index is 13.7. The number of hydrogen-bond acceptors (Lipinski definition) is 3. The first-order chi connectivity index (χ1) is 9.36. The first-order valence-electron chi connectivity index (χ1n) is 6.62. The van der Waals surface area contributed by atoms with Crippen molar-refractivity contribution in [3.63, 3.8) is 0 Å². The van der Waals surface area contributed by atoms with Crippen molar-refractivity contribution < 1.29 is 13.4 Å². The van der Waals surface area contributed by atoms with Gasteiger partial charge in [-0.2, -0.15) is 0 Å². The molecule has 1 amide bonds. The Morgan fingerprint density at radius 1 is 1.45 bits per heavy atom. The van der Waals surface area contributed by atoms with Crippen molar-refractivity contribution >= 4 is 22.4 Å². The fraction of sp³-hybridized carbons (Fsp3) is 0.500. The maximum atomic E-state index is 13.7. The van der Waals surface area contributed by atoms with Crippen LogP contribution in [0.3, 0.4) is 0 Å². The van der Waals surface area contributed by atoms with Gasteiger partial charge < -0.3 is 11.1 Å². The first kappa shape index (κ1) is 16.6. The second-order valence-corrected chi connectivity index (χ2v) is 6.57. The molecule has 0 bridgehead atoms. The molecule has 3 N–H and O–H groups in total. The highest BCUT2D eigenvalue weighted by Crippen LogP contribution is 2.18. The summed E-state index contributed by atoms with van der Waals surface area (Å²) in [5.74, 6) is -0.981. The van der Waals surface area contributed by atoms with Crippen LogP contribution in [-0.4, -0.2) is 21.4 Å². The molecule has 6 heteroatoms. The number of amides is 1. The minimum Gasteiger partial charge on any atom is -0.399 e. The summed E-state index contributed by atoms with van der Waals surface area (Å²) >= 11 is 0. The molecule has 0 aliphatic carbocycles. The molecule has 0 fully saturated rings. The van der Waals surface area contributed by atoms with E-state index in [0.29, 0.717) is 0 Å². The van der Waals surface area contributed by atoms with E-state index in [1.807, 2.05) is 13.8 Å². The van der Waals surface area contributed by atoms with Crippen LogP contribution in [0.25, 0.3) is 0 Å². The Morgan fingerprint density at radius 3 is 2.65 bits per heavy atom. The van der Waals surface area contributed by atoms with Crippen LogP contribution in [0.5, 0.6) is 0 Å². The number of anilines is 1. The average Bonchev–Trinajstić information content (AvgIpc) is 2.37. The topological polar surface area (TPSA) is 72.2 Å². The van der Waals surface area contributed by atoms with Crippen LogP contribution in [0, 0.1) is 5.82 Å². The van der Waals surface area contributed by atoms with Gasteiger partial charge in [-0.1, -0.05) is 13.3 Å². The number of nitrogen functional groups attached to an aromatic ring is 1. The third-order valence-corrected chi connectivity index (χ3v) is 4.59. The van der Waals surface area contributed by atoms with Gasteiger partial charge in [-0.05, 0) is 38.5 Å². The van der Waals surface area contributed by atoms with Gasteiger partial charge in [0.1, 0.15) is 11.1 Å². The number of rotatable bonds is 6. The lowest BCUT2D eigenvalue weighted by Gasteiger charge is -2.17. The van der Waals surface area contributed by atoms with E-state index in [0.717, 1.165) is 18.9 Å². The van der Waals surface area contributed by atoms with E-state index in [1.165, 1.54) is 19.1 Å². The summed E-state index contributed by atoms with van der Waals surface area (Å²) in [5.41, 5.74) is 5.71. The van der Waals surface area contributed by atoms with E-state index in [9.17, 15) is 13.4 Å². The molecule has 0 heterocycles. The monoisotopic (exact) mass is 300 g/mol. The van der Waals surface area contributed by atoms with Gasteiger partial charge in [0.2, 0.25) is 5.91 Å². The fourth-order valence-electron chi connectivity index (χ4n) is 1.83. The number of hydrogen-bond donors (Lipinski definition) is 2. The van der Waals surface area contributed by atoms with Gasteiger partial charge in [-0.3, -0.25) is 9.00 Å². The Labute approximate surface area is 121 Å². The fourth-order valence-corrected chi connectivity index (χ4v) is 2.93. The molecule has 4 nitrogen and oxygen atoms in total. The largest absolute Gasteiger partial charge is 0.399 e. The Bertz CT molecular complexity index is 508. The molecule has 0 spiro atoms. The molecule has 112 valence electrons. The molecule has 0 radical (unpaired) electrons. The maximum Gasteiger partial charge on any atom is 0.236 e. The van der Waals surface area contributed by atoms with Crippen molar-refractivity contribution in [1.29, 1.82) is 0 Å². The summed E-state index contributed by atoms with van der Waals surface area (Å²) in [7, 11) is -1.74. The molecule has 0 aliphatic heterocycles. The van der Waals surface area contributed by atoms with Gasteiger partial charge in [0.05, 0.1) is 15.7 Å². The SMILES string of the molecule is CCCC(C)NC(=O)C(C)S(=O)c1ccc(N)cc1F. The number of carbonyl (C=O) groups excluding carboxylic acids is 1. The van der Waals surface area contributed by atoms with Crippen LogP contribution in [0.1, 0.15) is 33.6 Å². The minimum atomic E-state index is -1.74. The summed E-state index contributed by atoms with van der Waals surface area (Å²) in [5, 5.41) is 1.97. The van der Waals surface area contributed by atoms with Crippen LogP contribution in [0.4, 0.5) is 10.1 Å². The van der Waals surface area contributed by atoms with Gasteiger partial charge in [-0.25, -0.2) is 4.39 Å². The highest BCUT2D eigenvalue weighted by molar-refractivity contribution is 7.86. The van der Waals surface area contributed by atoms with Crippen molar-refractivity contribution in [2.45, 2.75) is 49.8 Å². The summed E-state index contributed by atoms with van der Waals surface area (Å²) < 4.78 is 25.9. The van der Waals surface area contributed by atoms with Crippen molar-refractivity contribution in [1.82, 2.24) is 5.32 Å². The Hall–Kier alpha value is -1.43. The molecule has 0 saturated heterocycles. The lowest BCUT2D eigenvalue weighted by molar-refractivity contribution is -0.121. The van der Waals surface area contributed by atoms with Crippen molar-refractivity contribution in [3.05, 3.63) is 24.0 Å². The standard InChI is InChI=1S/C14H21FN2O2S/c1-4-5-9(2)17-14(18)10(3)20(19)13-7-6-11(16)8-12(13)15/h6-10H,4-5,16H2,1-3H3,(H,17,18). The number of halogens is 1. The third kappa shape index (κ3) is 4.30. The zero-order valence-electron chi connectivity index (χ0n) is 12.0. The zero-order chi connectivity index (χ0) is 15.3. The van der Waals surface area contributed by atoms with Crippen LogP contribution in [-0.2, 0) is 15.6 Å². The van der Waals surface area contributed by atoms with E-state index in [4.69, 9.17) is 5.73 Å². The van der Waals surface area contributed by atoms with Gasteiger partial charge in [0.25, 0.3) is 0 Å². The molecular formula is C14H21FN2O2S. The first-order valence-corrected chi connectivity index (χ1v) is 7.84. The molecule has 20 heavy (non-hydrogen) atoms. The Morgan fingerprint density at radius 2 is 2.10 bits per heavy atom. The summed E-state index contributed by atoms with van der Waals surface area (Å²) in [6.45, 7) is 5.44. The van der Waals surface area contributed by atoms with E-state index < -0.39 is 21.9 Å². The lowest BCUT2D eigenvalue weighted by atomic mass is 10.2. The van der Waals surface area contributed by atoms with E-state index in [-0.39, 0.29) is 22.5 Å². The summed E-state index contributed by atoms with van der Waals surface area (Å²) in [4.78, 5) is 12.0. The molecule has 1 aromatic carbocycles. The van der Waals surface area contributed by atoms with Gasteiger partial charge in [-0.15, -0.1) is 0 Å². The number of nitrogens with two attached hydrogens (primary N) is 1. The summed E-state index contributed by atoms with van der Waals surface area (Å²) in [6, 6.07) is 3.96. The average molecular weight is 300 g/mol. The second kappa shape index (κ2) is 7.38. The highest BCUT2D eigenvalue weighted by atomic mass is 32.2. The quantitative estimate of drug-likeness (QED) is 0.791. The van der Waals surface area contributed by atoms with Crippen LogP contribution in [0.15, 0.2) is 23.1 Å². The molecule has 1 rings (SSSR count). The van der Waals surface area contributed by atoms with Crippen LogP contribution < -0.4 is 11.1 Å². The Kier molecular flexibility index (Phi) is 6.13. The number of benzene rings is 1. The van der Waals surface area contributed by atoms with Crippen LogP contribution >= 0.6 is 0 Å². The molecule has 0 aromatic heterocycles. The minimum absolute atomic E-state index is 0.00462. The highest BCUT2D eigenvalue weighted by Gasteiger charge is 2.24. The van der Waals surface area contributed by atoms with Crippen LogP contribution in [0.2, 0.25) is 0 Å². The molecule has 0 aliphatic rings. The number of carbonyl (C=O) groups is 1. The third-order valence-electron chi connectivity index (χ3n) is 2.97. The van der Waals surface area contributed by atoms with E-state index in [2.05, 4.69) is 5.32 Å². The van der Waals surface area contributed by atoms with Gasteiger partial charge in [0.15, 0.2) is 0 Å². The van der Waals surface area contributed by atoms with Gasteiger partial charge in [0, 0.05) is 11.7 Å².